The van der Waals surface area contributed by atoms with Crippen LogP contribution in [-0.4, -0.2) is 38.1 Å². The second-order valence-electron chi connectivity index (χ2n) is 10.6. The highest BCUT2D eigenvalue weighted by Gasteiger charge is 2.19. The number of carbonyl (C=O) groups is 1. The van der Waals surface area contributed by atoms with Gasteiger partial charge in [-0.15, -0.1) is 0 Å². The van der Waals surface area contributed by atoms with Crippen molar-refractivity contribution >= 4 is 62.9 Å². The summed E-state index contributed by atoms with van der Waals surface area (Å²) in [6.45, 7) is 3.32. The second-order valence-corrected chi connectivity index (χ2v) is 11.7. The molecule has 5 rings (SSSR count). The molecule has 0 aliphatic carbocycles. The van der Waals surface area contributed by atoms with Gasteiger partial charge in [0.2, 0.25) is 5.91 Å². The van der Waals surface area contributed by atoms with Gasteiger partial charge in [0, 0.05) is 43.3 Å². The maximum Gasteiger partial charge on any atom is 0.226 e. The van der Waals surface area contributed by atoms with Crippen molar-refractivity contribution in [3.05, 3.63) is 130 Å². The number of amides is 1. The topological polar surface area (TPSA) is 86.0 Å². The quantitative estimate of drug-likeness (QED) is 0.157. The molecular weight excluding hydrogens is 611 g/mol. The number of hydrogen-bond donors (Lipinski definition) is 2. The number of nitrogens with zero attached hydrogens (tertiary/aromatic N) is 4. The van der Waals surface area contributed by atoms with Gasteiger partial charge in [0.05, 0.1) is 34.4 Å². The van der Waals surface area contributed by atoms with Crippen molar-refractivity contribution in [3.63, 3.8) is 0 Å². The number of imidazole rings is 1. The molecule has 0 spiro atoms. The van der Waals surface area contributed by atoms with Crippen LogP contribution in [0.5, 0.6) is 0 Å². The van der Waals surface area contributed by atoms with E-state index in [1.54, 1.807) is 30.7 Å². The number of thiocarbonyl (C=S) groups is 1. The van der Waals surface area contributed by atoms with E-state index in [0.717, 1.165) is 33.3 Å². The van der Waals surface area contributed by atoms with Crippen molar-refractivity contribution in [2.24, 2.45) is 0 Å². The van der Waals surface area contributed by atoms with Gasteiger partial charge in [0.25, 0.3) is 0 Å². The first-order chi connectivity index (χ1) is 21.3. The molecule has 0 saturated heterocycles. The lowest BCUT2D eigenvalue weighted by Gasteiger charge is -2.29. The van der Waals surface area contributed by atoms with Crippen LogP contribution in [0.3, 0.4) is 0 Å². The van der Waals surface area contributed by atoms with Crippen molar-refractivity contribution in [1.82, 2.24) is 19.8 Å². The number of anilines is 1. The fourth-order valence-electron chi connectivity index (χ4n) is 4.95. The molecule has 10 heteroatoms. The molecule has 2 N–H and O–H groups in total. The second kappa shape index (κ2) is 14.4. The molecule has 1 aromatic heterocycles. The summed E-state index contributed by atoms with van der Waals surface area (Å²) >= 11 is 18.7. The third kappa shape index (κ3) is 7.94. The molecule has 4 aromatic carbocycles. The van der Waals surface area contributed by atoms with Crippen molar-refractivity contribution in [1.29, 1.82) is 5.26 Å². The minimum atomic E-state index is -0.244. The first-order valence-electron chi connectivity index (χ1n) is 14.0. The van der Waals surface area contributed by atoms with Crippen LogP contribution in [0.2, 0.25) is 10.0 Å². The fourth-order valence-corrected chi connectivity index (χ4v) is 5.59. The smallest absolute Gasteiger partial charge is 0.226 e. The molecule has 1 atom stereocenters. The van der Waals surface area contributed by atoms with Gasteiger partial charge in [0.1, 0.15) is 0 Å². The highest BCUT2D eigenvalue weighted by atomic mass is 35.5. The summed E-state index contributed by atoms with van der Waals surface area (Å²) in [5, 5.41) is 19.2. The molecular formula is C34H30Cl2N6OS. The first-order valence-corrected chi connectivity index (χ1v) is 15.2. The molecule has 5 aromatic rings. The predicted octanol–water partition coefficient (Wildman–Crippen LogP) is 7.21. The minimum Gasteiger partial charge on any atom is -0.352 e. The Labute approximate surface area is 272 Å². The first kappa shape index (κ1) is 31.0. The number of halogens is 2. The van der Waals surface area contributed by atoms with Gasteiger partial charge in [-0.25, -0.2) is 4.98 Å². The Kier molecular flexibility index (Phi) is 10.1. The number of fused-ring (bicyclic) bond motifs is 1. The van der Waals surface area contributed by atoms with Crippen LogP contribution in [0.4, 0.5) is 5.69 Å². The number of aromatic nitrogens is 2. The van der Waals surface area contributed by atoms with Gasteiger partial charge in [-0.1, -0.05) is 77.8 Å². The lowest BCUT2D eigenvalue weighted by atomic mass is 10.1. The molecule has 0 saturated carbocycles. The number of nitriles is 1. The summed E-state index contributed by atoms with van der Waals surface area (Å²) in [5.41, 5.74) is 4.09. The molecule has 0 unspecified atom stereocenters. The van der Waals surface area contributed by atoms with E-state index in [9.17, 15) is 4.79 Å². The molecule has 0 radical (unpaired) electrons. The van der Waals surface area contributed by atoms with Crippen molar-refractivity contribution < 1.29 is 4.79 Å². The molecule has 222 valence electrons. The zero-order valence-electron chi connectivity index (χ0n) is 24.0. The van der Waals surface area contributed by atoms with Gasteiger partial charge in [-0.2, -0.15) is 5.26 Å². The van der Waals surface area contributed by atoms with Crippen LogP contribution in [0.15, 0.2) is 97.5 Å². The zero-order valence-corrected chi connectivity index (χ0v) is 26.3. The summed E-state index contributed by atoms with van der Waals surface area (Å²) in [5.74, 6) is -0.131. The number of carbonyl (C=O) groups excluding carboxylic acids is 1. The van der Waals surface area contributed by atoms with Crippen molar-refractivity contribution in [3.8, 4) is 6.07 Å². The van der Waals surface area contributed by atoms with Gasteiger partial charge in [-0.05, 0) is 71.4 Å². The van der Waals surface area contributed by atoms with Gasteiger partial charge in [0.15, 0.2) is 5.11 Å². The van der Waals surface area contributed by atoms with E-state index in [2.05, 4.69) is 39.9 Å². The molecule has 1 amide bonds. The number of benzene rings is 4. The molecule has 0 aliphatic heterocycles. The third-order valence-corrected chi connectivity index (χ3v) is 8.38. The van der Waals surface area contributed by atoms with Crippen LogP contribution in [-0.2, 0) is 24.3 Å². The summed E-state index contributed by atoms with van der Waals surface area (Å²) < 4.78 is 1.93. The average Bonchev–Trinajstić information content (AvgIpc) is 3.45. The Bertz CT molecular complexity index is 1830. The monoisotopic (exact) mass is 640 g/mol. The van der Waals surface area contributed by atoms with Crippen LogP contribution < -0.4 is 10.6 Å². The van der Waals surface area contributed by atoms with E-state index in [1.807, 2.05) is 64.9 Å². The largest absolute Gasteiger partial charge is 0.352 e. The molecule has 0 aliphatic rings. The molecule has 44 heavy (non-hydrogen) atoms. The highest BCUT2D eigenvalue weighted by molar-refractivity contribution is 7.80. The van der Waals surface area contributed by atoms with Crippen LogP contribution >= 0.6 is 35.4 Å². The Morgan fingerprint density at radius 1 is 1.05 bits per heavy atom. The summed E-state index contributed by atoms with van der Waals surface area (Å²) in [4.78, 5) is 19.4. The van der Waals surface area contributed by atoms with Gasteiger partial charge < -0.3 is 20.1 Å². The van der Waals surface area contributed by atoms with Gasteiger partial charge >= 0.3 is 0 Å². The minimum absolute atomic E-state index is 0.131. The molecule has 1 heterocycles. The maximum atomic E-state index is 13.1. The Morgan fingerprint density at radius 3 is 2.59 bits per heavy atom. The zero-order chi connectivity index (χ0) is 31.1. The van der Waals surface area contributed by atoms with Crippen molar-refractivity contribution in [2.75, 3.05) is 11.9 Å². The summed E-state index contributed by atoms with van der Waals surface area (Å²) in [6.07, 6.45) is 3.57. The van der Waals surface area contributed by atoms with Crippen molar-refractivity contribution in [2.45, 2.75) is 32.5 Å². The van der Waals surface area contributed by atoms with Crippen LogP contribution in [0.25, 0.3) is 10.8 Å². The molecule has 0 fully saturated rings. The Balaban J connectivity index is 1.26. The van der Waals surface area contributed by atoms with Crippen LogP contribution in [0, 0.1) is 11.3 Å². The van der Waals surface area contributed by atoms with E-state index < -0.39 is 0 Å². The molecule has 7 nitrogen and oxygen atoms in total. The SMILES string of the molecule is C[C@@H](CN(Cc1cccc(Cl)c1Cl)C(=S)Nc1ccc2ccccc2c1)NC(=O)Cc1cncn1Cc1ccc(C#N)cc1. The fraction of sp³-hybridized carbons (Fsp3) is 0.176. The predicted molar refractivity (Wildman–Crippen MR) is 181 cm³/mol. The van der Waals surface area contributed by atoms with E-state index >= 15 is 0 Å². The Morgan fingerprint density at radius 2 is 1.82 bits per heavy atom. The normalized spacial score (nSPS) is 11.5. The van der Waals surface area contributed by atoms with E-state index in [4.69, 9.17) is 40.7 Å². The average molecular weight is 642 g/mol. The van der Waals surface area contributed by atoms with E-state index in [1.165, 1.54) is 0 Å². The van der Waals surface area contributed by atoms with Gasteiger partial charge in [-0.3, -0.25) is 4.79 Å². The van der Waals surface area contributed by atoms with E-state index in [-0.39, 0.29) is 18.4 Å². The lowest BCUT2D eigenvalue weighted by molar-refractivity contribution is -0.121. The number of rotatable bonds is 10. The number of hydrogen-bond acceptors (Lipinski definition) is 4. The van der Waals surface area contributed by atoms with E-state index in [0.29, 0.717) is 40.4 Å². The number of nitrogens with one attached hydrogen (secondary N) is 2. The third-order valence-electron chi connectivity index (χ3n) is 7.16. The lowest BCUT2D eigenvalue weighted by Crippen LogP contribution is -2.45. The summed E-state index contributed by atoms with van der Waals surface area (Å²) in [7, 11) is 0. The maximum absolute atomic E-state index is 13.1. The highest BCUT2D eigenvalue weighted by Crippen LogP contribution is 2.27. The summed E-state index contributed by atoms with van der Waals surface area (Å²) in [6, 6.07) is 29.0. The molecule has 0 bridgehead atoms. The van der Waals surface area contributed by atoms with Crippen LogP contribution in [0.1, 0.15) is 29.3 Å². The standard InChI is InChI=1S/C34H30Cl2N6OS/c1-23(39-32(43)16-30-18-38-22-42(30)20-25-11-9-24(17-37)10-12-25)19-41(21-28-7-4-8-31(35)33(28)36)34(44)40-29-14-13-26-5-2-3-6-27(26)15-29/h2-15,18,22-23H,16,19-21H2,1H3,(H,39,43)(H,40,44)/t23-/m0/s1. The Hall–Kier alpha value is -4.42.